The molecule has 7 heteroatoms. The van der Waals surface area contributed by atoms with Gasteiger partial charge in [-0.3, -0.25) is 0 Å². The second-order valence-electron chi connectivity index (χ2n) is 5.36. The van der Waals surface area contributed by atoms with E-state index < -0.39 is 12.0 Å². The normalized spacial score (nSPS) is 17.6. The van der Waals surface area contributed by atoms with E-state index >= 15 is 0 Å². The average molecular weight is 329 g/mol. The van der Waals surface area contributed by atoms with Gasteiger partial charge in [0.15, 0.2) is 6.61 Å². The number of allylic oxidation sites excluding steroid dienone is 1. The van der Waals surface area contributed by atoms with Gasteiger partial charge in [0.2, 0.25) is 0 Å². The molecule has 0 N–H and O–H groups in total. The minimum absolute atomic E-state index is 0.0433. The van der Waals surface area contributed by atoms with E-state index in [0.717, 1.165) is 5.56 Å². The topological polar surface area (TPSA) is 82.9 Å². The Morgan fingerprint density at radius 2 is 1.92 bits per heavy atom. The first kappa shape index (κ1) is 17.3. The zero-order valence-electron chi connectivity index (χ0n) is 14.1. The fourth-order valence-corrected chi connectivity index (χ4v) is 2.68. The van der Waals surface area contributed by atoms with Gasteiger partial charge in [0.05, 0.1) is 18.7 Å². The van der Waals surface area contributed by atoms with Crippen LogP contribution in [0.25, 0.3) is 0 Å². The predicted molar refractivity (Wildman–Crippen MR) is 85.9 cm³/mol. The van der Waals surface area contributed by atoms with Crippen LogP contribution >= 0.6 is 0 Å². The smallest absolute Gasteiger partial charge is 0.337 e. The number of likely N-dealkylation sites (N-methyl/N-ethyl adjacent to an activating group) is 1. The Hall–Kier alpha value is -3.01. The van der Waals surface area contributed by atoms with E-state index in [2.05, 4.69) is 0 Å². The first-order chi connectivity index (χ1) is 11.4. The Bertz CT molecular complexity index is 718. The lowest BCUT2D eigenvalue weighted by Crippen LogP contribution is -2.47. The zero-order valence-corrected chi connectivity index (χ0v) is 14.1. The van der Waals surface area contributed by atoms with E-state index in [4.69, 9.17) is 14.7 Å². The highest BCUT2D eigenvalue weighted by atomic mass is 16.5. The molecule has 1 aliphatic heterocycles. The summed E-state index contributed by atoms with van der Waals surface area (Å²) in [5.41, 5.74) is 1.72. The Kier molecular flexibility index (Phi) is 5.09. The van der Waals surface area contributed by atoms with Crippen LogP contribution in [0.15, 0.2) is 35.5 Å². The molecular weight excluding hydrogens is 310 g/mol. The number of benzene rings is 1. The van der Waals surface area contributed by atoms with Gasteiger partial charge in [-0.15, -0.1) is 0 Å². The van der Waals surface area contributed by atoms with Crippen LogP contribution in [0.3, 0.4) is 0 Å². The molecule has 1 atom stereocenters. The maximum atomic E-state index is 12.4. The summed E-state index contributed by atoms with van der Waals surface area (Å²) in [5, 5.41) is 8.55. The standard InChI is InChI=1S/C17H19N3O4/c1-11-14(16(21)23-4)15(20(3)17(22)19(11)2)12-5-7-13(8-6-12)24-10-9-18/h5-8,15H,10H2,1-4H3/t15-/m0/s1. The number of methoxy groups -OCH3 is 1. The summed E-state index contributed by atoms with van der Waals surface area (Å²) in [6.07, 6.45) is 0. The number of esters is 1. The molecule has 0 bridgehead atoms. The highest BCUT2D eigenvalue weighted by molar-refractivity contribution is 5.94. The molecule has 0 aromatic heterocycles. The lowest BCUT2D eigenvalue weighted by atomic mass is 9.93. The molecule has 0 aliphatic carbocycles. The molecule has 7 nitrogen and oxygen atoms in total. The van der Waals surface area contributed by atoms with Gasteiger partial charge in [-0.05, 0) is 24.6 Å². The number of hydrogen-bond acceptors (Lipinski definition) is 5. The maximum absolute atomic E-state index is 12.4. The highest BCUT2D eigenvalue weighted by Crippen LogP contribution is 2.36. The molecule has 0 spiro atoms. The van der Waals surface area contributed by atoms with Crippen molar-refractivity contribution in [1.82, 2.24) is 9.80 Å². The SMILES string of the molecule is COC(=O)C1=C(C)N(C)C(=O)N(C)[C@H]1c1ccc(OCC#N)cc1. The number of ether oxygens (including phenoxy) is 2. The van der Waals surface area contributed by atoms with Gasteiger partial charge in [0.25, 0.3) is 0 Å². The number of rotatable bonds is 4. The van der Waals surface area contributed by atoms with Crippen molar-refractivity contribution in [2.45, 2.75) is 13.0 Å². The summed E-state index contributed by atoms with van der Waals surface area (Å²) in [6, 6.07) is 8.07. The molecule has 2 amide bonds. The third-order valence-corrected chi connectivity index (χ3v) is 4.05. The number of hydrogen-bond donors (Lipinski definition) is 0. The first-order valence-corrected chi connectivity index (χ1v) is 7.31. The van der Waals surface area contributed by atoms with Crippen LogP contribution in [0.2, 0.25) is 0 Å². The number of nitrogens with zero attached hydrogens (tertiary/aromatic N) is 3. The van der Waals surface area contributed by atoms with Gasteiger partial charge in [-0.25, -0.2) is 9.59 Å². The van der Waals surface area contributed by atoms with Crippen LogP contribution in [0, 0.1) is 11.3 Å². The number of urea groups is 1. The largest absolute Gasteiger partial charge is 0.479 e. The monoisotopic (exact) mass is 329 g/mol. The minimum Gasteiger partial charge on any atom is -0.479 e. The Morgan fingerprint density at radius 1 is 1.29 bits per heavy atom. The first-order valence-electron chi connectivity index (χ1n) is 7.31. The van der Waals surface area contributed by atoms with E-state index in [0.29, 0.717) is 17.0 Å². The van der Waals surface area contributed by atoms with Crippen LogP contribution < -0.4 is 4.74 Å². The Balaban J connectivity index is 2.46. The van der Waals surface area contributed by atoms with E-state index in [9.17, 15) is 9.59 Å². The van der Waals surface area contributed by atoms with Crippen LogP contribution in [0.5, 0.6) is 5.75 Å². The molecule has 1 aromatic carbocycles. The quantitative estimate of drug-likeness (QED) is 0.790. The predicted octanol–water partition coefficient (Wildman–Crippen LogP) is 2.07. The highest BCUT2D eigenvalue weighted by Gasteiger charge is 2.38. The Labute approximate surface area is 140 Å². The number of nitriles is 1. The third-order valence-electron chi connectivity index (χ3n) is 4.05. The van der Waals surface area contributed by atoms with Crippen molar-refractivity contribution in [1.29, 1.82) is 5.26 Å². The van der Waals surface area contributed by atoms with Crippen molar-refractivity contribution in [3.8, 4) is 11.8 Å². The summed E-state index contributed by atoms with van der Waals surface area (Å²) >= 11 is 0. The summed E-state index contributed by atoms with van der Waals surface area (Å²) in [6.45, 7) is 1.67. The summed E-state index contributed by atoms with van der Waals surface area (Å²) in [5.74, 6) is 0.0658. The summed E-state index contributed by atoms with van der Waals surface area (Å²) < 4.78 is 10.1. The second kappa shape index (κ2) is 7.04. The van der Waals surface area contributed by atoms with Crippen molar-refractivity contribution >= 4 is 12.0 Å². The van der Waals surface area contributed by atoms with Crippen LogP contribution in [-0.2, 0) is 9.53 Å². The van der Waals surface area contributed by atoms with Crippen LogP contribution in [0.1, 0.15) is 18.5 Å². The van der Waals surface area contributed by atoms with Gasteiger partial charge in [-0.1, -0.05) is 12.1 Å². The van der Waals surface area contributed by atoms with Crippen molar-refractivity contribution in [3.63, 3.8) is 0 Å². The van der Waals surface area contributed by atoms with Crippen LogP contribution in [0.4, 0.5) is 4.79 Å². The molecular formula is C17H19N3O4. The summed E-state index contributed by atoms with van der Waals surface area (Å²) in [7, 11) is 4.57. The molecule has 1 heterocycles. The number of carbonyl (C=O) groups is 2. The van der Waals surface area contributed by atoms with Gasteiger partial charge >= 0.3 is 12.0 Å². The molecule has 1 aliphatic rings. The van der Waals surface area contributed by atoms with Crippen molar-refractivity contribution in [3.05, 3.63) is 41.1 Å². The van der Waals surface area contributed by atoms with E-state index in [1.807, 2.05) is 6.07 Å². The molecule has 2 rings (SSSR count). The summed E-state index contributed by atoms with van der Waals surface area (Å²) in [4.78, 5) is 27.6. The fraction of sp³-hybridized carbons (Fsp3) is 0.353. The van der Waals surface area contributed by atoms with Gasteiger partial charge in [0, 0.05) is 19.8 Å². The third kappa shape index (κ3) is 3.04. The number of carbonyl (C=O) groups excluding carboxylic acids is 2. The molecule has 0 fully saturated rings. The van der Waals surface area contributed by atoms with Gasteiger partial charge in [-0.2, -0.15) is 5.26 Å². The van der Waals surface area contributed by atoms with E-state index in [1.165, 1.54) is 16.9 Å². The lowest BCUT2D eigenvalue weighted by Gasteiger charge is -2.39. The molecule has 126 valence electrons. The fourth-order valence-electron chi connectivity index (χ4n) is 2.68. The van der Waals surface area contributed by atoms with Crippen molar-refractivity contribution in [2.75, 3.05) is 27.8 Å². The molecule has 1 aromatic rings. The number of amides is 2. The Morgan fingerprint density at radius 3 is 2.46 bits per heavy atom. The van der Waals surface area contributed by atoms with Gasteiger partial charge < -0.3 is 19.3 Å². The lowest BCUT2D eigenvalue weighted by molar-refractivity contribution is -0.137. The van der Waals surface area contributed by atoms with Gasteiger partial charge in [0.1, 0.15) is 11.8 Å². The minimum atomic E-state index is -0.550. The molecule has 0 saturated heterocycles. The molecule has 0 unspecified atom stereocenters. The van der Waals surface area contributed by atoms with Crippen molar-refractivity contribution < 1.29 is 19.1 Å². The van der Waals surface area contributed by atoms with Crippen molar-refractivity contribution in [2.24, 2.45) is 0 Å². The second-order valence-corrected chi connectivity index (χ2v) is 5.36. The molecule has 0 radical (unpaired) electrons. The van der Waals surface area contributed by atoms with E-state index in [1.54, 1.807) is 45.3 Å². The zero-order chi connectivity index (χ0) is 17.9. The van der Waals surface area contributed by atoms with Crippen LogP contribution in [-0.4, -0.2) is 49.6 Å². The maximum Gasteiger partial charge on any atom is 0.337 e. The van der Waals surface area contributed by atoms with E-state index in [-0.39, 0.29) is 12.6 Å². The molecule has 0 saturated carbocycles. The molecule has 24 heavy (non-hydrogen) atoms. The average Bonchev–Trinajstić information content (AvgIpc) is 2.61.